The number of rotatable bonds is 3. The summed E-state index contributed by atoms with van der Waals surface area (Å²) in [5.41, 5.74) is 2.99. The van der Waals surface area contributed by atoms with Gasteiger partial charge in [0.15, 0.2) is 0 Å². The van der Waals surface area contributed by atoms with E-state index in [1.54, 1.807) is 6.07 Å². The number of hydrogen-bond donors (Lipinski definition) is 1. The topological polar surface area (TPSA) is 36.8 Å². The molecule has 2 aromatic rings. The van der Waals surface area contributed by atoms with Crippen LogP contribution >= 0.6 is 50.7 Å². The lowest BCUT2D eigenvalue weighted by Gasteiger charge is -2.13. The summed E-state index contributed by atoms with van der Waals surface area (Å²) in [7, 11) is 0. The number of fused-ring (bicyclic) bond motifs is 1. The number of halogens is 4. The van der Waals surface area contributed by atoms with Crippen molar-refractivity contribution in [3.63, 3.8) is 0 Å². The molecular formula is C13H7BrCl3N3S. The zero-order valence-corrected chi connectivity index (χ0v) is 15.0. The first kappa shape index (κ1) is 15.3. The minimum Gasteiger partial charge on any atom is -0.378 e. The minimum absolute atomic E-state index is 0.496. The van der Waals surface area contributed by atoms with Gasteiger partial charge in [0, 0.05) is 16.0 Å². The van der Waals surface area contributed by atoms with Crippen LogP contribution in [0.2, 0.25) is 15.1 Å². The van der Waals surface area contributed by atoms with E-state index in [1.165, 1.54) is 0 Å². The van der Waals surface area contributed by atoms with Crippen LogP contribution in [0.4, 0.5) is 17.1 Å². The van der Waals surface area contributed by atoms with E-state index < -0.39 is 0 Å². The summed E-state index contributed by atoms with van der Waals surface area (Å²) in [6.45, 7) is 0.528. The van der Waals surface area contributed by atoms with Gasteiger partial charge >= 0.3 is 0 Å². The lowest BCUT2D eigenvalue weighted by Crippen LogP contribution is -2.01. The maximum absolute atomic E-state index is 6.25. The average molecular weight is 424 g/mol. The Kier molecular flexibility index (Phi) is 4.57. The van der Waals surface area contributed by atoms with Crippen LogP contribution in [0.3, 0.4) is 0 Å². The molecule has 0 atom stereocenters. The zero-order valence-electron chi connectivity index (χ0n) is 10.3. The van der Waals surface area contributed by atoms with Crippen molar-refractivity contribution in [3.8, 4) is 0 Å². The van der Waals surface area contributed by atoms with E-state index in [-0.39, 0.29) is 0 Å². The van der Waals surface area contributed by atoms with Gasteiger partial charge in [-0.3, -0.25) is 0 Å². The Morgan fingerprint density at radius 3 is 2.52 bits per heavy atom. The van der Waals surface area contributed by atoms with E-state index >= 15 is 0 Å². The summed E-state index contributed by atoms with van der Waals surface area (Å²) in [6.07, 6.45) is 0. The number of anilines is 1. The van der Waals surface area contributed by atoms with Crippen LogP contribution in [0.5, 0.6) is 0 Å². The van der Waals surface area contributed by atoms with Crippen LogP contribution in [-0.2, 0) is 17.9 Å². The van der Waals surface area contributed by atoms with E-state index in [1.807, 2.05) is 18.2 Å². The number of benzene rings is 2. The van der Waals surface area contributed by atoms with Gasteiger partial charge < -0.3 is 5.32 Å². The van der Waals surface area contributed by atoms with Crippen molar-refractivity contribution < 1.29 is 0 Å². The monoisotopic (exact) mass is 421 g/mol. The second kappa shape index (κ2) is 6.26. The molecule has 2 aromatic carbocycles. The van der Waals surface area contributed by atoms with Crippen LogP contribution in [0.15, 0.2) is 37.5 Å². The molecule has 3 nitrogen and oxygen atoms in total. The highest BCUT2D eigenvalue weighted by atomic mass is 79.9. The molecule has 0 amide bonds. The molecule has 1 aliphatic heterocycles. The third kappa shape index (κ3) is 3.12. The summed E-state index contributed by atoms with van der Waals surface area (Å²) in [4.78, 5) is 0. The van der Waals surface area contributed by atoms with Gasteiger partial charge in [-0.2, -0.15) is 8.73 Å². The number of hydrogen-bond acceptors (Lipinski definition) is 3. The summed E-state index contributed by atoms with van der Waals surface area (Å²) in [5, 5.41) is 4.94. The van der Waals surface area contributed by atoms with Crippen LogP contribution in [0, 0.1) is 0 Å². The van der Waals surface area contributed by atoms with E-state index in [0.717, 1.165) is 21.4 Å². The smallest absolute Gasteiger partial charge is 0.130 e. The van der Waals surface area contributed by atoms with Crippen LogP contribution in [0.25, 0.3) is 0 Å². The Morgan fingerprint density at radius 2 is 1.76 bits per heavy atom. The summed E-state index contributed by atoms with van der Waals surface area (Å²) >= 11 is 23.0. The van der Waals surface area contributed by atoms with Gasteiger partial charge in [0.2, 0.25) is 0 Å². The van der Waals surface area contributed by atoms with Gasteiger partial charge in [0.1, 0.15) is 11.4 Å². The van der Waals surface area contributed by atoms with Gasteiger partial charge in [-0.15, -0.1) is 0 Å². The normalized spacial score (nSPS) is 12.2. The zero-order chi connectivity index (χ0) is 15.0. The van der Waals surface area contributed by atoms with Crippen molar-refractivity contribution in [1.29, 1.82) is 0 Å². The maximum atomic E-state index is 6.25. The van der Waals surface area contributed by atoms with Crippen molar-refractivity contribution >= 4 is 79.1 Å². The molecule has 0 aromatic heterocycles. The average Bonchev–Trinajstić information content (AvgIpc) is 2.90. The van der Waals surface area contributed by atoms with Gasteiger partial charge in [-0.1, -0.05) is 56.8 Å². The Bertz CT molecular complexity index is 804. The van der Waals surface area contributed by atoms with Crippen molar-refractivity contribution in [2.75, 3.05) is 5.32 Å². The molecule has 0 fully saturated rings. The van der Waals surface area contributed by atoms with Gasteiger partial charge in [0.25, 0.3) is 0 Å². The fraction of sp³-hybridized carbons (Fsp3) is 0.0769. The standard InChI is InChI=1S/C13H7BrCl3N3S/c14-7-2-1-6(8(15)3-7)5-18-11-9(16)4-10(17)12-13(11)20-21-19-12/h1-4,18H,5H2. The molecule has 1 N–H and O–H groups in total. The van der Waals surface area contributed by atoms with Crippen LogP contribution in [-0.4, -0.2) is 0 Å². The minimum atomic E-state index is 0.496. The van der Waals surface area contributed by atoms with Gasteiger partial charge in [-0.25, -0.2) is 0 Å². The fourth-order valence-corrected chi connectivity index (χ4v) is 3.81. The first-order valence-electron chi connectivity index (χ1n) is 5.84. The van der Waals surface area contributed by atoms with E-state index in [9.17, 15) is 0 Å². The highest BCUT2D eigenvalue weighted by Gasteiger charge is 2.18. The van der Waals surface area contributed by atoms with Crippen molar-refractivity contribution in [3.05, 3.63) is 49.4 Å². The molecule has 8 heteroatoms. The molecule has 108 valence electrons. The first-order valence-corrected chi connectivity index (χ1v) is 8.50. The predicted octanol–water partition coefficient (Wildman–Crippen LogP) is 6.75. The van der Waals surface area contributed by atoms with E-state index in [0.29, 0.717) is 38.7 Å². The molecule has 0 aliphatic carbocycles. The molecule has 0 spiro atoms. The molecule has 0 saturated heterocycles. The predicted molar refractivity (Wildman–Crippen MR) is 94.5 cm³/mol. The molecule has 0 unspecified atom stereocenters. The molecule has 0 saturated carbocycles. The quantitative estimate of drug-likeness (QED) is 0.497. The molecule has 3 rings (SSSR count). The number of nitrogens with one attached hydrogen (secondary N) is 1. The summed E-state index contributed by atoms with van der Waals surface area (Å²) in [6, 6.07) is 7.40. The molecular weight excluding hydrogens is 416 g/mol. The summed E-state index contributed by atoms with van der Waals surface area (Å²) in [5.74, 6) is 0. The fourth-order valence-electron chi connectivity index (χ4n) is 1.89. The lowest BCUT2D eigenvalue weighted by atomic mass is 10.2. The van der Waals surface area contributed by atoms with E-state index in [4.69, 9.17) is 34.8 Å². The second-order valence-corrected chi connectivity index (χ2v) is 6.93. The maximum Gasteiger partial charge on any atom is 0.130 e. The molecule has 1 aliphatic rings. The SMILES string of the molecule is Clc1cc(Br)ccc1CNc1c(Cl)cc(Cl)c2c1N=S=N2. The molecule has 0 bridgehead atoms. The molecule has 1 heterocycles. The van der Waals surface area contributed by atoms with Crippen LogP contribution in [0.1, 0.15) is 5.56 Å². The van der Waals surface area contributed by atoms with Crippen molar-refractivity contribution in [1.82, 2.24) is 0 Å². The second-order valence-electron chi connectivity index (χ2n) is 4.27. The van der Waals surface area contributed by atoms with Crippen LogP contribution < -0.4 is 5.32 Å². The lowest BCUT2D eigenvalue weighted by molar-refractivity contribution is 1.15. The Labute approximate surface area is 148 Å². The Morgan fingerprint density at radius 1 is 1.00 bits per heavy atom. The third-order valence-corrected chi connectivity index (χ3v) is 4.87. The molecule has 21 heavy (non-hydrogen) atoms. The third-order valence-electron chi connectivity index (χ3n) is 2.91. The van der Waals surface area contributed by atoms with E-state index in [2.05, 4.69) is 30.0 Å². The van der Waals surface area contributed by atoms with Crippen molar-refractivity contribution in [2.45, 2.75) is 6.54 Å². The highest BCUT2D eigenvalue weighted by Crippen LogP contribution is 2.47. The van der Waals surface area contributed by atoms with Gasteiger partial charge in [-0.05, 0) is 23.8 Å². The summed E-state index contributed by atoms with van der Waals surface area (Å²) < 4.78 is 9.36. The van der Waals surface area contributed by atoms with Crippen molar-refractivity contribution in [2.24, 2.45) is 8.73 Å². The Balaban J connectivity index is 1.90. The number of nitrogens with zero attached hydrogens (tertiary/aromatic N) is 2. The largest absolute Gasteiger partial charge is 0.378 e. The first-order chi connectivity index (χ1) is 10.1. The Hall–Kier alpha value is -0.590. The highest BCUT2D eigenvalue weighted by molar-refractivity contribution is 9.10. The molecule has 0 radical (unpaired) electrons. The van der Waals surface area contributed by atoms with Gasteiger partial charge in [0.05, 0.1) is 27.1 Å².